The van der Waals surface area contributed by atoms with Crippen molar-refractivity contribution >= 4 is 10.3 Å². The van der Waals surface area contributed by atoms with Gasteiger partial charge < -0.3 is 4.18 Å². The molecule has 0 saturated heterocycles. The summed E-state index contributed by atoms with van der Waals surface area (Å²) in [6.07, 6.45) is -4.46. The molecule has 0 heterocycles. The quantitative estimate of drug-likeness (QED) is 0.841. The third kappa shape index (κ3) is 3.60. The zero-order chi connectivity index (χ0) is 13.3. The molecule has 1 aromatic rings. The van der Waals surface area contributed by atoms with E-state index in [0.29, 0.717) is 0 Å². The molecule has 0 aliphatic carbocycles. The van der Waals surface area contributed by atoms with Crippen LogP contribution in [0.1, 0.15) is 5.56 Å². The number of benzene rings is 1. The van der Waals surface area contributed by atoms with Gasteiger partial charge in [0.25, 0.3) is 0 Å². The summed E-state index contributed by atoms with van der Waals surface area (Å²) in [7, 11) is -1.45. The highest BCUT2D eigenvalue weighted by Gasteiger charge is 2.30. The molecule has 0 atom stereocenters. The van der Waals surface area contributed by atoms with Gasteiger partial charge in [0, 0.05) is 14.1 Å². The van der Waals surface area contributed by atoms with E-state index in [0.717, 1.165) is 28.6 Å². The van der Waals surface area contributed by atoms with Crippen LogP contribution in [0.25, 0.3) is 0 Å². The zero-order valence-corrected chi connectivity index (χ0v) is 9.84. The number of nitrogens with zero attached hydrogens (tertiary/aromatic N) is 1. The summed E-state index contributed by atoms with van der Waals surface area (Å²) in [6.45, 7) is 0. The summed E-state index contributed by atoms with van der Waals surface area (Å²) in [5.41, 5.74) is -0.868. The highest BCUT2D eigenvalue weighted by atomic mass is 32.2. The second-order valence-corrected chi connectivity index (χ2v) is 5.10. The van der Waals surface area contributed by atoms with E-state index in [4.69, 9.17) is 0 Å². The van der Waals surface area contributed by atoms with Crippen LogP contribution in [0.2, 0.25) is 0 Å². The number of halogens is 3. The second kappa shape index (κ2) is 4.53. The van der Waals surface area contributed by atoms with Crippen molar-refractivity contribution in [1.82, 2.24) is 4.31 Å². The topological polar surface area (TPSA) is 46.6 Å². The monoisotopic (exact) mass is 269 g/mol. The lowest BCUT2D eigenvalue weighted by Gasteiger charge is -2.12. The lowest BCUT2D eigenvalue weighted by atomic mass is 10.2. The van der Waals surface area contributed by atoms with Gasteiger partial charge >= 0.3 is 16.5 Å². The van der Waals surface area contributed by atoms with E-state index >= 15 is 0 Å². The molecule has 1 aromatic carbocycles. The molecular weight excluding hydrogens is 259 g/mol. The Morgan fingerprint density at radius 1 is 1.12 bits per heavy atom. The van der Waals surface area contributed by atoms with Crippen LogP contribution in [-0.2, 0) is 16.5 Å². The summed E-state index contributed by atoms with van der Waals surface area (Å²) in [6, 6.07) is 3.40. The fraction of sp³-hybridized carbons (Fsp3) is 0.333. The van der Waals surface area contributed by atoms with Crippen LogP contribution in [-0.4, -0.2) is 26.8 Å². The largest absolute Gasteiger partial charge is 0.416 e. The van der Waals surface area contributed by atoms with Gasteiger partial charge in [0.15, 0.2) is 0 Å². The lowest BCUT2D eigenvalue weighted by molar-refractivity contribution is -0.137. The van der Waals surface area contributed by atoms with Crippen LogP contribution in [0.5, 0.6) is 5.75 Å². The molecule has 0 unspecified atom stereocenters. The molecule has 96 valence electrons. The zero-order valence-electron chi connectivity index (χ0n) is 9.02. The molecule has 0 radical (unpaired) electrons. The molecule has 0 spiro atoms. The summed E-state index contributed by atoms with van der Waals surface area (Å²) in [4.78, 5) is 0. The maximum absolute atomic E-state index is 12.2. The van der Waals surface area contributed by atoms with E-state index in [1.807, 2.05) is 0 Å². The molecule has 8 heteroatoms. The minimum Gasteiger partial charge on any atom is -0.371 e. The predicted molar refractivity (Wildman–Crippen MR) is 54.7 cm³/mol. The fourth-order valence-corrected chi connectivity index (χ4v) is 1.40. The molecule has 0 bridgehead atoms. The van der Waals surface area contributed by atoms with Gasteiger partial charge in [-0.3, -0.25) is 0 Å². The van der Waals surface area contributed by atoms with Crippen LogP contribution in [0, 0.1) is 0 Å². The molecule has 4 nitrogen and oxygen atoms in total. The van der Waals surface area contributed by atoms with Gasteiger partial charge in [-0.2, -0.15) is 25.9 Å². The standard InChI is InChI=1S/C9H10F3NO3S/c1-13(2)17(14,15)16-8-5-3-7(4-6-8)9(10,11)12/h3-6H,1-2H3. The maximum atomic E-state index is 12.2. The lowest BCUT2D eigenvalue weighted by Crippen LogP contribution is -2.27. The molecule has 0 amide bonds. The minimum absolute atomic E-state index is 0.174. The SMILES string of the molecule is CN(C)S(=O)(=O)Oc1ccc(C(F)(F)F)cc1. The molecule has 0 fully saturated rings. The van der Waals surface area contributed by atoms with Gasteiger partial charge in [-0.15, -0.1) is 0 Å². The Hall–Kier alpha value is -1.28. The van der Waals surface area contributed by atoms with Crippen LogP contribution in [0.4, 0.5) is 13.2 Å². The Morgan fingerprint density at radius 3 is 1.94 bits per heavy atom. The third-order valence-electron chi connectivity index (χ3n) is 1.83. The van der Waals surface area contributed by atoms with Gasteiger partial charge in [-0.05, 0) is 24.3 Å². The molecule has 0 saturated carbocycles. The van der Waals surface area contributed by atoms with Crippen molar-refractivity contribution in [3.05, 3.63) is 29.8 Å². The fourth-order valence-electron chi connectivity index (χ4n) is 0.896. The first kappa shape index (κ1) is 13.8. The molecule has 0 aromatic heterocycles. The number of hydrogen-bond acceptors (Lipinski definition) is 3. The Balaban J connectivity index is 2.91. The Morgan fingerprint density at radius 2 is 1.59 bits per heavy atom. The second-order valence-electron chi connectivity index (χ2n) is 3.35. The van der Waals surface area contributed by atoms with E-state index in [1.165, 1.54) is 14.1 Å². The van der Waals surface area contributed by atoms with Crippen LogP contribution in [0.15, 0.2) is 24.3 Å². The van der Waals surface area contributed by atoms with Gasteiger partial charge in [-0.1, -0.05) is 0 Å². The predicted octanol–water partition coefficient (Wildman–Crippen LogP) is 1.89. The minimum atomic E-state index is -4.46. The summed E-state index contributed by atoms with van der Waals surface area (Å²) in [5, 5.41) is 0. The van der Waals surface area contributed by atoms with Crippen molar-refractivity contribution in [3.63, 3.8) is 0 Å². The van der Waals surface area contributed by atoms with Gasteiger partial charge in [0.2, 0.25) is 0 Å². The summed E-state index contributed by atoms with van der Waals surface area (Å²) in [5.74, 6) is -0.174. The summed E-state index contributed by atoms with van der Waals surface area (Å²) >= 11 is 0. The third-order valence-corrected chi connectivity index (χ3v) is 3.13. The van der Waals surface area contributed by atoms with Crippen molar-refractivity contribution in [1.29, 1.82) is 0 Å². The van der Waals surface area contributed by atoms with E-state index in [-0.39, 0.29) is 5.75 Å². The average Bonchev–Trinajstić information content (AvgIpc) is 2.16. The normalized spacial score (nSPS) is 12.8. The van der Waals surface area contributed by atoms with E-state index in [2.05, 4.69) is 4.18 Å². The smallest absolute Gasteiger partial charge is 0.371 e. The first-order chi connectivity index (χ1) is 7.63. The number of hydrogen-bond donors (Lipinski definition) is 0. The van der Waals surface area contributed by atoms with Crippen molar-refractivity contribution in [2.24, 2.45) is 0 Å². The number of alkyl halides is 3. The molecule has 0 N–H and O–H groups in total. The summed E-state index contributed by atoms with van der Waals surface area (Å²) < 4.78 is 64.6. The Labute approximate surface area is 96.9 Å². The van der Waals surface area contributed by atoms with Crippen molar-refractivity contribution in [2.75, 3.05) is 14.1 Å². The molecule has 0 aliphatic rings. The molecule has 0 aliphatic heterocycles. The maximum Gasteiger partial charge on any atom is 0.416 e. The van der Waals surface area contributed by atoms with Crippen LogP contribution < -0.4 is 4.18 Å². The van der Waals surface area contributed by atoms with Crippen LogP contribution in [0.3, 0.4) is 0 Å². The van der Waals surface area contributed by atoms with Crippen molar-refractivity contribution in [2.45, 2.75) is 6.18 Å². The first-order valence-corrected chi connectivity index (χ1v) is 5.78. The van der Waals surface area contributed by atoms with Gasteiger partial charge in [-0.25, -0.2) is 0 Å². The van der Waals surface area contributed by atoms with Gasteiger partial charge in [0.05, 0.1) is 5.56 Å². The van der Waals surface area contributed by atoms with Crippen molar-refractivity contribution in [3.8, 4) is 5.75 Å². The average molecular weight is 269 g/mol. The highest BCUT2D eigenvalue weighted by Crippen LogP contribution is 2.30. The Bertz CT molecular complexity index is 479. The van der Waals surface area contributed by atoms with Crippen molar-refractivity contribution < 1.29 is 25.8 Å². The van der Waals surface area contributed by atoms with Crippen LogP contribution >= 0.6 is 0 Å². The Kier molecular flexibility index (Phi) is 3.68. The molecular formula is C9H10F3NO3S. The number of rotatable bonds is 3. The first-order valence-electron chi connectivity index (χ1n) is 4.42. The van der Waals surface area contributed by atoms with E-state index in [9.17, 15) is 21.6 Å². The van der Waals surface area contributed by atoms with E-state index in [1.54, 1.807) is 0 Å². The van der Waals surface area contributed by atoms with E-state index < -0.39 is 22.0 Å². The highest BCUT2D eigenvalue weighted by molar-refractivity contribution is 7.84. The van der Waals surface area contributed by atoms with Gasteiger partial charge in [0.1, 0.15) is 5.75 Å². The molecule has 1 rings (SSSR count). The molecule has 17 heavy (non-hydrogen) atoms.